The van der Waals surface area contributed by atoms with Crippen molar-refractivity contribution in [3.8, 4) is 17.2 Å². The summed E-state index contributed by atoms with van der Waals surface area (Å²) < 4.78 is 16.4. The smallest absolute Gasteiger partial charge is 0.257 e. The number of halogens is 2. The predicted molar refractivity (Wildman–Crippen MR) is 120 cm³/mol. The van der Waals surface area contributed by atoms with Gasteiger partial charge in [0.1, 0.15) is 0 Å². The third-order valence-electron chi connectivity index (χ3n) is 4.48. The number of benzene rings is 1. The van der Waals surface area contributed by atoms with Crippen LogP contribution in [0.4, 0.5) is 0 Å². The lowest BCUT2D eigenvalue weighted by molar-refractivity contribution is -0.123. The van der Waals surface area contributed by atoms with Gasteiger partial charge in [-0.2, -0.15) is 0 Å². The maximum atomic E-state index is 13.1. The summed E-state index contributed by atoms with van der Waals surface area (Å²) in [5, 5.41) is 3.36. The highest BCUT2D eigenvalue weighted by atomic mass is 35.5. The number of pyridine rings is 1. The summed E-state index contributed by atoms with van der Waals surface area (Å²) in [5.74, 6) is 0.558. The number of amides is 1. The minimum atomic E-state index is -0.314. The van der Waals surface area contributed by atoms with Gasteiger partial charge in [0.25, 0.3) is 5.91 Å². The second kappa shape index (κ2) is 11.8. The maximum absolute atomic E-state index is 13.1. The number of carbonyl (C=O) groups excluding carboxylic acids is 2. The third kappa shape index (κ3) is 6.74. The van der Waals surface area contributed by atoms with E-state index < -0.39 is 0 Å². The van der Waals surface area contributed by atoms with Crippen LogP contribution < -0.4 is 19.5 Å². The topological polar surface area (TPSA) is 86.8 Å². The van der Waals surface area contributed by atoms with E-state index in [1.165, 1.54) is 26.6 Å². The van der Waals surface area contributed by atoms with Crippen molar-refractivity contribution in [2.45, 2.75) is 26.7 Å². The Morgan fingerprint density at radius 2 is 1.74 bits per heavy atom. The predicted octanol–water partition coefficient (Wildman–Crippen LogP) is 4.37. The monoisotopic (exact) mass is 468 g/mol. The van der Waals surface area contributed by atoms with Gasteiger partial charge in [0.2, 0.25) is 5.75 Å². The molecule has 2 aromatic rings. The van der Waals surface area contributed by atoms with E-state index in [4.69, 9.17) is 37.4 Å². The van der Waals surface area contributed by atoms with Gasteiger partial charge < -0.3 is 19.5 Å². The zero-order valence-corrected chi connectivity index (χ0v) is 19.5. The van der Waals surface area contributed by atoms with E-state index in [2.05, 4.69) is 24.1 Å². The van der Waals surface area contributed by atoms with Gasteiger partial charge in [-0.05, 0) is 24.5 Å². The minimum absolute atomic E-state index is 0.0768. The molecule has 0 aliphatic rings. The van der Waals surface area contributed by atoms with Crippen LogP contribution in [0.2, 0.25) is 10.0 Å². The van der Waals surface area contributed by atoms with Gasteiger partial charge >= 0.3 is 0 Å². The fraction of sp³-hybridized carbons (Fsp3) is 0.409. The zero-order chi connectivity index (χ0) is 23.0. The molecule has 0 bridgehead atoms. The molecular formula is C22H26Cl2N2O5. The van der Waals surface area contributed by atoms with Gasteiger partial charge in [-0.1, -0.05) is 37.0 Å². The molecule has 0 unspecified atom stereocenters. The largest absolute Gasteiger partial charge is 0.493 e. The number of hydrogen-bond donors (Lipinski definition) is 1. The first-order valence-electron chi connectivity index (χ1n) is 9.74. The van der Waals surface area contributed by atoms with Crippen molar-refractivity contribution in [1.29, 1.82) is 0 Å². The highest BCUT2D eigenvalue weighted by Crippen LogP contribution is 2.40. The van der Waals surface area contributed by atoms with Crippen LogP contribution >= 0.6 is 23.2 Å². The molecule has 0 spiro atoms. The van der Waals surface area contributed by atoms with Gasteiger partial charge in [0.15, 0.2) is 23.9 Å². The number of rotatable bonds is 11. The van der Waals surface area contributed by atoms with E-state index in [0.29, 0.717) is 23.8 Å². The molecule has 1 amide bonds. The Morgan fingerprint density at radius 1 is 1.06 bits per heavy atom. The summed E-state index contributed by atoms with van der Waals surface area (Å²) >= 11 is 12.3. The minimum Gasteiger partial charge on any atom is -0.493 e. The molecule has 0 saturated carbocycles. The normalized spacial score (nSPS) is 10.7. The van der Waals surface area contributed by atoms with E-state index >= 15 is 0 Å². The van der Waals surface area contributed by atoms with Crippen LogP contribution in [-0.4, -0.2) is 44.0 Å². The van der Waals surface area contributed by atoms with Crippen LogP contribution in [-0.2, 0) is 11.2 Å². The summed E-state index contributed by atoms with van der Waals surface area (Å²) in [7, 11) is 2.90. The van der Waals surface area contributed by atoms with Gasteiger partial charge in [-0.3, -0.25) is 14.6 Å². The summed E-state index contributed by atoms with van der Waals surface area (Å²) in [6.07, 6.45) is 3.62. The number of Topliss-reactive ketones (excluding diaryl/α,β-unsaturated/α-hetero) is 1. The van der Waals surface area contributed by atoms with E-state index in [9.17, 15) is 9.59 Å². The average Bonchev–Trinajstić information content (AvgIpc) is 2.73. The molecule has 31 heavy (non-hydrogen) atoms. The number of carbonyl (C=O) groups is 2. The van der Waals surface area contributed by atoms with Crippen molar-refractivity contribution in [1.82, 2.24) is 10.3 Å². The van der Waals surface area contributed by atoms with Crippen LogP contribution in [0, 0.1) is 5.92 Å². The van der Waals surface area contributed by atoms with Crippen molar-refractivity contribution >= 4 is 34.9 Å². The Morgan fingerprint density at radius 3 is 2.32 bits per heavy atom. The molecule has 0 aliphatic heterocycles. The van der Waals surface area contributed by atoms with Crippen LogP contribution in [0.3, 0.4) is 0 Å². The quantitative estimate of drug-likeness (QED) is 0.492. The number of ether oxygens (including phenoxy) is 3. The second-order valence-corrected chi connectivity index (χ2v) is 7.99. The molecule has 2 rings (SSSR count). The first kappa shape index (κ1) is 24.8. The van der Waals surface area contributed by atoms with Crippen LogP contribution in [0.15, 0.2) is 24.5 Å². The highest BCUT2D eigenvalue weighted by Gasteiger charge is 2.23. The van der Waals surface area contributed by atoms with Gasteiger partial charge in [-0.25, -0.2) is 0 Å². The first-order chi connectivity index (χ1) is 14.8. The summed E-state index contributed by atoms with van der Waals surface area (Å²) in [4.78, 5) is 29.2. The lowest BCUT2D eigenvalue weighted by atomic mass is 10.0. The number of ketones is 1. The summed E-state index contributed by atoms with van der Waals surface area (Å²) in [6, 6.07) is 3.15. The summed E-state index contributed by atoms with van der Waals surface area (Å²) in [6.45, 7) is 4.41. The average molecular weight is 469 g/mol. The molecule has 0 aliphatic carbocycles. The first-order valence-corrected chi connectivity index (χ1v) is 10.5. The maximum Gasteiger partial charge on any atom is 0.257 e. The molecule has 0 radical (unpaired) electrons. The van der Waals surface area contributed by atoms with Crippen LogP contribution in [0.5, 0.6) is 17.2 Å². The van der Waals surface area contributed by atoms with Crippen molar-refractivity contribution in [3.05, 3.63) is 45.7 Å². The molecule has 168 valence electrons. The van der Waals surface area contributed by atoms with Crippen molar-refractivity contribution in [2.24, 2.45) is 5.92 Å². The van der Waals surface area contributed by atoms with E-state index in [1.807, 2.05) is 0 Å². The number of nitrogens with zero attached hydrogens (tertiary/aromatic N) is 1. The molecule has 0 atom stereocenters. The van der Waals surface area contributed by atoms with Crippen molar-refractivity contribution < 1.29 is 23.8 Å². The summed E-state index contributed by atoms with van der Waals surface area (Å²) in [5.41, 5.74) is 0.673. The zero-order valence-electron chi connectivity index (χ0n) is 18.0. The van der Waals surface area contributed by atoms with E-state index in [0.717, 1.165) is 6.42 Å². The molecule has 7 nitrogen and oxygen atoms in total. The second-order valence-electron chi connectivity index (χ2n) is 7.18. The molecule has 1 aromatic carbocycles. The van der Waals surface area contributed by atoms with Crippen molar-refractivity contribution in [3.63, 3.8) is 0 Å². The Kier molecular flexibility index (Phi) is 9.40. The SMILES string of the molecule is COc1ccc(C(=O)Cc2c(Cl)cncc2Cl)c(OCC(=O)NCCC(C)C)c1OC. The molecule has 0 saturated heterocycles. The molecule has 0 fully saturated rings. The molecule has 9 heteroatoms. The highest BCUT2D eigenvalue weighted by molar-refractivity contribution is 6.36. The molecule has 1 heterocycles. The fourth-order valence-electron chi connectivity index (χ4n) is 2.81. The van der Waals surface area contributed by atoms with Gasteiger partial charge in [0, 0.05) is 30.9 Å². The molecule has 1 aromatic heterocycles. The van der Waals surface area contributed by atoms with E-state index in [-0.39, 0.29) is 51.8 Å². The fourth-order valence-corrected chi connectivity index (χ4v) is 3.31. The van der Waals surface area contributed by atoms with Crippen LogP contribution in [0.25, 0.3) is 0 Å². The number of methoxy groups -OCH3 is 2. The Labute approximate surface area is 192 Å². The lowest BCUT2D eigenvalue weighted by Gasteiger charge is -2.17. The molecule has 1 N–H and O–H groups in total. The number of aromatic nitrogens is 1. The van der Waals surface area contributed by atoms with Gasteiger partial charge in [0.05, 0.1) is 29.8 Å². The Bertz CT molecular complexity index is 914. The standard InChI is InChI=1S/C22H26Cl2N2O5/c1-13(2)7-8-26-20(28)12-31-21-14(5-6-19(29-3)22(21)30-4)18(27)9-15-16(23)10-25-11-17(15)24/h5-6,10-11,13H,7-9,12H2,1-4H3,(H,26,28). The number of hydrogen-bond acceptors (Lipinski definition) is 6. The Hall–Kier alpha value is -2.51. The van der Waals surface area contributed by atoms with E-state index in [1.54, 1.807) is 12.1 Å². The van der Waals surface area contributed by atoms with Crippen LogP contribution in [0.1, 0.15) is 36.2 Å². The lowest BCUT2D eigenvalue weighted by Crippen LogP contribution is -2.30. The number of nitrogens with one attached hydrogen (secondary N) is 1. The Balaban J connectivity index is 2.28. The van der Waals surface area contributed by atoms with Crippen molar-refractivity contribution in [2.75, 3.05) is 27.4 Å². The third-order valence-corrected chi connectivity index (χ3v) is 5.13. The van der Waals surface area contributed by atoms with Gasteiger partial charge in [-0.15, -0.1) is 0 Å². The molecular weight excluding hydrogens is 443 g/mol.